The predicted octanol–water partition coefficient (Wildman–Crippen LogP) is 3.55. The maximum Gasteiger partial charge on any atom is 0.408 e. The topological polar surface area (TPSA) is 102 Å². The number of alkyl carbamates (subject to hydrolysis) is 1. The summed E-state index contributed by atoms with van der Waals surface area (Å²) in [5.41, 5.74) is 0.834. The van der Waals surface area contributed by atoms with Gasteiger partial charge in [0.05, 0.1) is 6.04 Å². The molecule has 0 saturated heterocycles. The van der Waals surface area contributed by atoms with Crippen molar-refractivity contribution in [3.05, 3.63) is 35.9 Å². The van der Waals surface area contributed by atoms with Crippen LogP contribution in [0.25, 0.3) is 0 Å². The Labute approximate surface area is 178 Å². The standard InChI is InChI=1S/C23H34N2O5/c1-5-7-13-18(21(27)20(26)6-2)24-22(28)19(14-16(3)4)25-23(29)30-15-17-11-9-8-10-12-17/h8-12,16,18-19H,5-7,13-15H2,1-4H3,(H,24,28)(H,25,29)/t18?,19-/m0/s1. The van der Waals surface area contributed by atoms with Crippen LogP contribution in [0, 0.1) is 5.92 Å². The van der Waals surface area contributed by atoms with Gasteiger partial charge >= 0.3 is 6.09 Å². The fraction of sp³-hybridized carbons (Fsp3) is 0.565. The van der Waals surface area contributed by atoms with Gasteiger partial charge in [-0.2, -0.15) is 0 Å². The first-order chi connectivity index (χ1) is 14.3. The quantitative estimate of drug-likeness (QED) is 0.477. The molecule has 0 radical (unpaired) electrons. The fourth-order valence-electron chi connectivity index (χ4n) is 2.93. The van der Waals surface area contributed by atoms with Crippen LogP contribution in [-0.4, -0.2) is 35.7 Å². The minimum atomic E-state index is -0.873. The summed E-state index contributed by atoms with van der Waals surface area (Å²) >= 11 is 0. The fourth-order valence-corrected chi connectivity index (χ4v) is 2.93. The molecule has 0 bridgehead atoms. The molecule has 0 fully saturated rings. The predicted molar refractivity (Wildman–Crippen MR) is 115 cm³/mol. The number of nitrogens with one attached hydrogen (secondary N) is 2. The zero-order chi connectivity index (χ0) is 22.5. The Morgan fingerprint density at radius 1 is 0.967 bits per heavy atom. The summed E-state index contributed by atoms with van der Waals surface area (Å²) in [5.74, 6) is -1.46. The number of amides is 2. The summed E-state index contributed by atoms with van der Waals surface area (Å²) < 4.78 is 5.21. The van der Waals surface area contributed by atoms with Crippen LogP contribution < -0.4 is 10.6 Å². The normalized spacial score (nSPS) is 12.7. The molecule has 2 atom stereocenters. The van der Waals surface area contributed by atoms with E-state index < -0.39 is 35.7 Å². The van der Waals surface area contributed by atoms with Crippen LogP contribution in [0.1, 0.15) is 65.4 Å². The molecular weight excluding hydrogens is 384 g/mol. The maximum absolute atomic E-state index is 12.8. The van der Waals surface area contributed by atoms with Crippen LogP contribution >= 0.6 is 0 Å². The number of carbonyl (C=O) groups excluding carboxylic acids is 4. The largest absolute Gasteiger partial charge is 0.445 e. The molecule has 0 spiro atoms. The number of unbranched alkanes of at least 4 members (excludes halogenated alkanes) is 1. The van der Waals surface area contributed by atoms with Gasteiger partial charge in [-0.05, 0) is 24.3 Å². The van der Waals surface area contributed by atoms with Crippen molar-refractivity contribution in [2.75, 3.05) is 0 Å². The zero-order valence-electron chi connectivity index (χ0n) is 18.4. The lowest BCUT2D eigenvalue weighted by molar-refractivity contribution is -0.139. The third-order valence-corrected chi connectivity index (χ3v) is 4.60. The van der Waals surface area contributed by atoms with Crippen LogP contribution in [0.15, 0.2) is 30.3 Å². The van der Waals surface area contributed by atoms with Gasteiger partial charge in [-0.3, -0.25) is 14.4 Å². The summed E-state index contributed by atoms with van der Waals surface area (Å²) in [5, 5.41) is 5.26. The van der Waals surface area contributed by atoms with Crippen LogP contribution in [0.5, 0.6) is 0 Å². The molecule has 0 aliphatic heterocycles. The van der Waals surface area contributed by atoms with Gasteiger partial charge in [0.1, 0.15) is 12.6 Å². The van der Waals surface area contributed by atoms with Gasteiger partial charge in [0.2, 0.25) is 11.7 Å². The Morgan fingerprint density at radius 2 is 1.63 bits per heavy atom. The van der Waals surface area contributed by atoms with E-state index in [0.717, 1.165) is 12.0 Å². The first-order valence-corrected chi connectivity index (χ1v) is 10.6. The molecule has 0 aliphatic carbocycles. The number of ketones is 2. The van der Waals surface area contributed by atoms with Crippen molar-refractivity contribution in [2.45, 2.75) is 78.5 Å². The maximum atomic E-state index is 12.8. The van der Waals surface area contributed by atoms with Crippen molar-refractivity contribution in [2.24, 2.45) is 5.92 Å². The number of hydrogen-bond donors (Lipinski definition) is 2. The van der Waals surface area contributed by atoms with E-state index in [0.29, 0.717) is 19.3 Å². The molecule has 0 aromatic heterocycles. The first-order valence-electron chi connectivity index (χ1n) is 10.6. The van der Waals surface area contributed by atoms with E-state index in [4.69, 9.17) is 4.74 Å². The highest BCUT2D eigenvalue weighted by Gasteiger charge is 2.29. The van der Waals surface area contributed by atoms with Crippen LogP contribution in [0.3, 0.4) is 0 Å². The van der Waals surface area contributed by atoms with Gasteiger partial charge in [0.25, 0.3) is 0 Å². The van der Waals surface area contributed by atoms with Gasteiger partial charge in [0, 0.05) is 6.42 Å². The van der Waals surface area contributed by atoms with E-state index in [-0.39, 0.29) is 18.9 Å². The third kappa shape index (κ3) is 9.20. The molecule has 1 rings (SSSR count). The Balaban J connectivity index is 2.78. The van der Waals surface area contributed by atoms with E-state index in [1.807, 2.05) is 51.1 Å². The van der Waals surface area contributed by atoms with Crippen LogP contribution in [0.2, 0.25) is 0 Å². The highest BCUT2D eigenvalue weighted by Crippen LogP contribution is 2.09. The highest BCUT2D eigenvalue weighted by molar-refractivity contribution is 6.39. The Kier molecular flexibility index (Phi) is 11.4. The molecule has 2 amide bonds. The van der Waals surface area contributed by atoms with Crippen LogP contribution in [-0.2, 0) is 25.7 Å². The molecule has 0 saturated carbocycles. The lowest BCUT2D eigenvalue weighted by Gasteiger charge is -2.23. The average molecular weight is 419 g/mol. The van der Waals surface area contributed by atoms with Crippen molar-refractivity contribution in [1.82, 2.24) is 10.6 Å². The number of Topliss-reactive ketones (excluding diaryl/α,β-unsaturated/α-hetero) is 2. The molecule has 1 aromatic rings. The Hall–Kier alpha value is -2.70. The van der Waals surface area contributed by atoms with E-state index in [9.17, 15) is 19.2 Å². The smallest absolute Gasteiger partial charge is 0.408 e. The van der Waals surface area contributed by atoms with Gasteiger partial charge in [-0.15, -0.1) is 0 Å². The second-order valence-corrected chi connectivity index (χ2v) is 7.73. The second kappa shape index (κ2) is 13.5. The lowest BCUT2D eigenvalue weighted by atomic mass is 9.99. The zero-order valence-corrected chi connectivity index (χ0v) is 18.4. The molecule has 1 aromatic carbocycles. The number of hydrogen-bond acceptors (Lipinski definition) is 5. The monoisotopic (exact) mass is 418 g/mol. The third-order valence-electron chi connectivity index (χ3n) is 4.60. The average Bonchev–Trinajstić information content (AvgIpc) is 2.73. The number of benzene rings is 1. The molecule has 166 valence electrons. The van der Waals surface area contributed by atoms with Gasteiger partial charge in [0.15, 0.2) is 5.78 Å². The summed E-state index contributed by atoms with van der Waals surface area (Å²) in [6.07, 6.45) is 1.69. The molecule has 30 heavy (non-hydrogen) atoms. The molecule has 2 N–H and O–H groups in total. The number of carbonyl (C=O) groups is 4. The highest BCUT2D eigenvalue weighted by atomic mass is 16.5. The molecule has 0 heterocycles. The summed E-state index contributed by atoms with van der Waals surface area (Å²) in [6.45, 7) is 7.53. The Morgan fingerprint density at radius 3 is 2.20 bits per heavy atom. The van der Waals surface area contributed by atoms with Gasteiger partial charge < -0.3 is 15.4 Å². The summed E-state index contributed by atoms with van der Waals surface area (Å²) in [6, 6.07) is 7.49. The second-order valence-electron chi connectivity index (χ2n) is 7.73. The SMILES string of the molecule is CCCCC(NC(=O)[C@H](CC(C)C)NC(=O)OCc1ccccc1)C(=O)C(=O)CC. The van der Waals surface area contributed by atoms with E-state index in [2.05, 4.69) is 10.6 Å². The molecule has 7 heteroatoms. The number of rotatable bonds is 13. The van der Waals surface area contributed by atoms with E-state index >= 15 is 0 Å². The van der Waals surface area contributed by atoms with Crippen molar-refractivity contribution in [3.63, 3.8) is 0 Å². The molecule has 7 nitrogen and oxygen atoms in total. The first kappa shape index (κ1) is 25.3. The summed E-state index contributed by atoms with van der Waals surface area (Å²) in [7, 11) is 0. The van der Waals surface area contributed by atoms with Gasteiger partial charge in [-0.25, -0.2) is 4.79 Å². The number of ether oxygens (including phenoxy) is 1. The van der Waals surface area contributed by atoms with Crippen molar-refractivity contribution in [3.8, 4) is 0 Å². The molecule has 0 aliphatic rings. The summed E-state index contributed by atoms with van der Waals surface area (Å²) in [4.78, 5) is 49.3. The lowest BCUT2D eigenvalue weighted by Crippen LogP contribution is -2.53. The van der Waals surface area contributed by atoms with E-state index in [1.165, 1.54) is 0 Å². The Bertz CT molecular complexity index is 703. The minimum Gasteiger partial charge on any atom is -0.445 e. The molecular formula is C23H34N2O5. The minimum absolute atomic E-state index is 0.0886. The van der Waals surface area contributed by atoms with Gasteiger partial charge in [-0.1, -0.05) is 70.9 Å². The van der Waals surface area contributed by atoms with Crippen molar-refractivity contribution >= 4 is 23.6 Å². The van der Waals surface area contributed by atoms with Crippen molar-refractivity contribution < 1.29 is 23.9 Å². The van der Waals surface area contributed by atoms with Crippen LogP contribution in [0.4, 0.5) is 4.79 Å². The molecule has 1 unspecified atom stereocenters. The van der Waals surface area contributed by atoms with Crippen molar-refractivity contribution in [1.29, 1.82) is 0 Å². The van der Waals surface area contributed by atoms with E-state index in [1.54, 1.807) is 6.92 Å².